The van der Waals surface area contributed by atoms with Gasteiger partial charge in [0.15, 0.2) is 0 Å². The number of carbonyl (C=O) groups is 2. The molecule has 2 aliphatic heterocycles. The number of amides is 1. The summed E-state index contributed by atoms with van der Waals surface area (Å²) >= 11 is 0. The number of nitrogens with zero attached hydrogens (tertiary/aromatic N) is 1. The van der Waals surface area contributed by atoms with E-state index in [1.165, 1.54) is 0 Å². The van der Waals surface area contributed by atoms with Crippen molar-refractivity contribution in [3.05, 3.63) is 101 Å². The number of likely N-dealkylation sites (tertiary alicyclic amines) is 1. The van der Waals surface area contributed by atoms with Gasteiger partial charge in [0.25, 0.3) is 11.7 Å². The van der Waals surface area contributed by atoms with Gasteiger partial charge in [-0.15, -0.1) is 0 Å². The van der Waals surface area contributed by atoms with Gasteiger partial charge in [-0.05, 0) is 60.4 Å². The lowest BCUT2D eigenvalue weighted by Gasteiger charge is -2.25. The van der Waals surface area contributed by atoms with E-state index in [0.717, 1.165) is 53.9 Å². The van der Waals surface area contributed by atoms with E-state index in [1.807, 2.05) is 73.7 Å². The average molecular weight is 512 g/mol. The summed E-state index contributed by atoms with van der Waals surface area (Å²) in [5, 5.41) is 11.5. The molecule has 1 N–H and O–H groups in total. The van der Waals surface area contributed by atoms with Crippen LogP contribution < -0.4 is 9.47 Å². The number of fused-ring (bicyclic) bond motifs is 1. The molecule has 0 spiro atoms. The Morgan fingerprint density at radius 1 is 1.03 bits per heavy atom. The van der Waals surface area contributed by atoms with Crippen LogP contribution in [0, 0.1) is 0 Å². The van der Waals surface area contributed by atoms with Crippen LogP contribution in [0.3, 0.4) is 0 Å². The van der Waals surface area contributed by atoms with Gasteiger partial charge in [0, 0.05) is 18.5 Å². The first kappa shape index (κ1) is 25.6. The van der Waals surface area contributed by atoms with E-state index in [4.69, 9.17) is 9.47 Å². The van der Waals surface area contributed by atoms with E-state index in [-0.39, 0.29) is 24.0 Å². The van der Waals surface area contributed by atoms with Crippen LogP contribution in [0.4, 0.5) is 0 Å². The van der Waals surface area contributed by atoms with E-state index in [9.17, 15) is 14.7 Å². The Morgan fingerprint density at radius 2 is 1.79 bits per heavy atom. The third-order valence-corrected chi connectivity index (χ3v) is 7.12. The van der Waals surface area contributed by atoms with E-state index >= 15 is 0 Å². The van der Waals surface area contributed by atoms with E-state index in [0.29, 0.717) is 12.2 Å². The number of aliphatic hydroxyl groups is 1. The minimum atomic E-state index is -0.729. The van der Waals surface area contributed by atoms with Crippen molar-refractivity contribution in [1.82, 2.24) is 4.90 Å². The van der Waals surface area contributed by atoms with Crippen molar-refractivity contribution in [3.63, 3.8) is 0 Å². The largest absolute Gasteiger partial charge is 0.507 e. The predicted molar refractivity (Wildman–Crippen MR) is 146 cm³/mol. The first-order valence-electron chi connectivity index (χ1n) is 13.3. The van der Waals surface area contributed by atoms with Crippen LogP contribution in [0.1, 0.15) is 61.4 Å². The lowest BCUT2D eigenvalue weighted by atomic mass is 9.94. The summed E-state index contributed by atoms with van der Waals surface area (Å²) in [5.74, 6) is 0.0280. The molecule has 2 atom stereocenters. The molecule has 0 saturated carbocycles. The number of ketones is 1. The van der Waals surface area contributed by atoms with Crippen LogP contribution >= 0.6 is 0 Å². The third-order valence-electron chi connectivity index (χ3n) is 7.12. The Hall–Kier alpha value is -4.06. The molecule has 1 saturated heterocycles. The molecule has 0 radical (unpaired) electrons. The van der Waals surface area contributed by atoms with Gasteiger partial charge in [-0.1, -0.05) is 62.2 Å². The summed E-state index contributed by atoms with van der Waals surface area (Å²) in [4.78, 5) is 28.3. The van der Waals surface area contributed by atoms with Crippen molar-refractivity contribution in [1.29, 1.82) is 0 Å². The molecule has 2 heterocycles. The van der Waals surface area contributed by atoms with Gasteiger partial charge < -0.3 is 19.5 Å². The van der Waals surface area contributed by atoms with Crippen LogP contribution in [0.15, 0.2) is 78.4 Å². The highest BCUT2D eigenvalue weighted by molar-refractivity contribution is 6.46. The minimum absolute atomic E-state index is 0.0570. The number of Topliss-reactive ketones (excluding diaryl/α,β-unsaturated/α-hetero) is 1. The zero-order valence-corrected chi connectivity index (χ0v) is 21.9. The molecule has 6 heteroatoms. The molecule has 196 valence electrons. The zero-order chi connectivity index (χ0) is 26.6. The van der Waals surface area contributed by atoms with Gasteiger partial charge >= 0.3 is 0 Å². The van der Waals surface area contributed by atoms with Crippen molar-refractivity contribution in [2.24, 2.45) is 0 Å². The second kappa shape index (κ2) is 11.1. The van der Waals surface area contributed by atoms with E-state index < -0.39 is 17.7 Å². The molecule has 38 heavy (non-hydrogen) atoms. The van der Waals surface area contributed by atoms with Crippen molar-refractivity contribution in [2.75, 3.05) is 6.61 Å². The minimum Gasteiger partial charge on any atom is -0.507 e. The van der Waals surface area contributed by atoms with Crippen molar-refractivity contribution in [3.8, 4) is 11.5 Å². The highest BCUT2D eigenvalue weighted by Gasteiger charge is 2.46. The summed E-state index contributed by atoms with van der Waals surface area (Å²) in [6.45, 7) is 5.03. The molecule has 3 aromatic rings. The fourth-order valence-corrected chi connectivity index (χ4v) is 5.18. The van der Waals surface area contributed by atoms with Crippen molar-refractivity contribution >= 4 is 17.4 Å². The first-order chi connectivity index (χ1) is 18.5. The molecule has 5 rings (SSSR count). The van der Waals surface area contributed by atoms with Crippen LogP contribution in [0.2, 0.25) is 0 Å². The molecule has 1 fully saturated rings. The Labute approximate surface area is 223 Å². The summed E-state index contributed by atoms with van der Waals surface area (Å²) in [7, 11) is 0. The van der Waals surface area contributed by atoms with Crippen LogP contribution in [0.25, 0.3) is 5.76 Å². The monoisotopic (exact) mass is 511 g/mol. The Balaban J connectivity index is 1.52. The predicted octanol–water partition coefficient (Wildman–Crippen LogP) is 6.20. The smallest absolute Gasteiger partial charge is 0.295 e. The molecular formula is C32H33NO5. The SMILES string of the molecule is CCCCCOc1ccc([C@H]2C(=C(O)c3ccc4c(c3)C[C@@H](C)O4)C(=O)C(=O)N2Cc2ccccc2)cc1. The molecule has 1 amide bonds. The molecule has 0 aromatic heterocycles. The zero-order valence-electron chi connectivity index (χ0n) is 21.9. The van der Waals surface area contributed by atoms with Crippen LogP contribution in [0.5, 0.6) is 11.5 Å². The fourth-order valence-electron chi connectivity index (χ4n) is 5.18. The second-order valence-electron chi connectivity index (χ2n) is 9.99. The van der Waals surface area contributed by atoms with Gasteiger partial charge in [0.2, 0.25) is 0 Å². The number of aliphatic hydroxyl groups excluding tert-OH is 1. The third kappa shape index (κ3) is 5.17. The number of hydrogen-bond acceptors (Lipinski definition) is 5. The molecule has 0 aliphatic carbocycles. The maximum Gasteiger partial charge on any atom is 0.295 e. The van der Waals surface area contributed by atoms with E-state index in [2.05, 4.69) is 6.92 Å². The quantitative estimate of drug-likeness (QED) is 0.160. The summed E-state index contributed by atoms with van der Waals surface area (Å²) < 4.78 is 11.7. The van der Waals surface area contributed by atoms with Crippen LogP contribution in [-0.4, -0.2) is 34.4 Å². The lowest BCUT2D eigenvalue weighted by Crippen LogP contribution is -2.29. The highest BCUT2D eigenvalue weighted by atomic mass is 16.5. The number of carbonyl (C=O) groups excluding carboxylic acids is 2. The molecule has 6 nitrogen and oxygen atoms in total. The normalized spacial score (nSPS) is 19.9. The molecule has 2 aliphatic rings. The number of rotatable bonds is 9. The number of unbranched alkanes of at least 4 members (excludes halogenated alkanes) is 2. The fraction of sp³-hybridized carbons (Fsp3) is 0.312. The molecule has 3 aromatic carbocycles. The maximum atomic E-state index is 13.4. The number of benzene rings is 3. The Bertz CT molecular complexity index is 1350. The summed E-state index contributed by atoms with van der Waals surface area (Å²) in [5.41, 5.74) is 3.20. The first-order valence-corrected chi connectivity index (χ1v) is 13.3. The van der Waals surface area contributed by atoms with Gasteiger partial charge in [-0.25, -0.2) is 0 Å². The lowest BCUT2D eigenvalue weighted by molar-refractivity contribution is -0.140. The van der Waals surface area contributed by atoms with Gasteiger partial charge in [-0.2, -0.15) is 0 Å². The van der Waals surface area contributed by atoms with Crippen molar-refractivity contribution in [2.45, 2.75) is 58.2 Å². The summed E-state index contributed by atoms with van der Waals surface area (Å²) in [6.07, 6.45) is 4.00. The van der Waals surface area contributed by atoms with Crippen molar-refractivity contribution < 1.29 is 24.2 Å². The number of ether oxygens (including phenoxy) is 2. The van der Waals surface area contributed by atoms with E-state index in [1.54, 1.807) is 11.0 Å². The van der Waals surface area contributed by atoms with Gasteiger partial charge in [0.05, 0.1) is 18.2 Å². The topological polar surface area (TPSA) is 76.1 Å². The summed E-state index contributed by atoms with van der Waals surface area (Å²) in [6, 6.07) is 21.7. The second-order valence-corrected chi connectivity index (χ2v) is 9.99. The molecule has 0 unspecified atom stereocenters. The van der Waals surface area contributed by atoms with Crippen LogP contribution in [-0.2, 0) is 22.6 Å². The van der Waals surface area contributed by atoms with Gasteiger partial charge in [-0.3, -0.25) is 9.59 Å². The highest BCUT2D eigenvalue weighted by Crippen LogP contribution is 2.41. The Morgan fingerprint density at radius 3 is 2.53 bits per heavy atom. The number of hydrogen-bond donors (Lipinski definition) is 1. The molecule has 0 bridgehead atoms. The average Bonchev–Trinajstić information content (AvgIpc) is 3.43. The van der Waals surface area contributed by atoms with Gasteiger partial charge in [0.1, 0.15) is 23.4 Å². The molecular weight excluding hydrogens is 478 g/mol. The maximum absolute atomic E-state index is 13.4. The standard InChI is InChI=1S/C32H33NO5/c1-3-4-8-17-37-26-14-11-23(12-15-26)29-28(30(34)24-13-16-27-25(19-24)18-21(2)38-27)31(35)32(36)33(29)20-22-9-6-5-7-10-22/h5-7,9-16,19,21,29,34H,3-4,8,17-18,20H2,1-2H3/t21-,29+/m1/s1. The Kier molecular flexibility index (Phi) is 7.50.